The minimum absolute atomic E-state index is 0.198. The fraction of sp³-hybridized carbons (Fsp3) is 0.417. The van der Waals surface area contributed by atoms with Crippen molar-refractivity contribution in [2.75, 3.05) is 12.8 Å². The first-order valence-corrected chi connectivity index (χ1v) is 5.34. The molecule has 5 nitrogen and oxygen atoms in total. The highest BCUT2D eigenvalue weighted by Gasteiger charge is 2.38. The number of nitrogens with two attached hydrogens (primary N) is 2. The number of phenolic OH excluding ortho intramolecular Hbond substituents is 1. The van der Waals surface area contributed by atoms with Crippen LogP contribution < -0.4 is 11.5 Å². The van der Waals surface area contributed by atoms with Crippen LogP contribution in [0.15, 0.2) is 12.1 Å². The van der Waals surface area contributed by atoms with Crippen molar-refractivity contribution in [3.63, 3.8) is 0 Å². The molecule has 1 atom stereocenters. The van der Waals surface area contributed by atoms with E-state index < -0.39 is 29.0 Å². The lowest BCUT2D eigenvalue weighted by atomic mass is 9.80. The Morgan fingerprint density at radius 1 is 1.50 bits per heavy atom. The molecule has 0 radical (unpaired) electrons. The summed E-state index contributed by atoms with van der Waals surface area (Å²) >= 11 is 0. The van der Waals surface area contributed by atoms with Crippen LogP contribution in [-0.4, -0.2) is 18.2 Å². The Labute approximate surface area is 105 Å². The molecule has 6 heteroatoms. The number of benzene rings is 1. The van der Waals surface area contributed by atoms with E-state index in [4.69, 9.17) is 11.5 Å². The summed E-state index contributed by atoms with van der Waals surface area (Å²) in [6.07, 6.45) is 0. The van der Waals surface area contributed by atoms with E-state index >= 15 is 0 Å². The molecule has 1 aromatic carbocycles. The van der Waals surface area contributed by atoms with Gasteiger partial charge in [0.1, 0.15) is 17.3 Å². The van der Waals surface area contributed by atoms with Gasteiger partial charge in [0.25, 0.3) is 0 Å². The van der Waals surface area contributed by atoms with Crippen LogP contribution in [0, 0.1) is 11.2 Å². The minimum Gasteiger partial charge on any atom is -0.505 e. The van der Waals surface area contributed by atoms with Crippen LogP contribution in [0.1, 0.15) is 25.5 Å². The van der Waals surface area contributed by atoms with Crippen molar-refractivity contribution >= 4 is 11.7 Å². The minimum atomic E-state index is -1.07. The number of hydrogen-bond donors (Lipinski definition) is 3. The molecule has 1 aromatic rings. The highest BCUT2D eigenvalue weighted by atomic mass is 19.1. The molecule has 0 amide bonds. The van der Waals surface area contributed by atoms with Crippen LogP contribution in [0.4, 0.5) is 10.1 Å². The number of nitrogen functional groups attached to an aromatic ring is 1. The van der Waals surface area contributed by atoms with E-state index in [0.717, 1.165) is 6.07 Å². The number of halogens is 1. The largest absolute Gasteiger partial charge is 0.505 e. The molecule has 5 N–H and O–H groups in total. The van der Waals surface area contributed by atoms with Crippen molar-refractivity contribution in [1.29, 1.82) is 0 Å². The average molecular weight is 256 g/mol. The molecule has 100 valence electrons. The molecule has 0 heterocycles. The van der Waals surface area contributed by atoms with Crippen LogP contribution in [0.3, 0.4) is 0 Å². The number of carbonyl (C=O) groups excluding carboxylic acids is 1. The number of methoxy groups -OCH3 is 1. The number of ether oxygens (including phenoxy) is 1. The lowest BCUT2D eigenvalue weighted by molar-refractivity contribution is -0.152. The third-order valence-corrected chi connectivity index (χ3v) is 3.02. The predicted molar refractivity (Wildman–Crippen MR) is 65.2 cm³/mol. The first kappa shape index (κ1) is 14.2. The molecule has 0 aromatic heterocycles. The summed E-state index contributed by atoms with van der Waals surface area (Å²) in [6.45, 7) is 3.14. The molecule has 1 rings (SSSR count). The monoisotopic (exact) mass is 256 g/mol. The number of carbonyl (C=O) groups is 1. The van der Waals surface area contributed by atoms with E-state index in [0.29, 0.717) is 0 Å². The van der Waals surface area contributed by atoms with Crippen LogP contribution in [0.2, 0.25) is 0 Å². The first-order chi connectivity index (χ1) is 8.23. The van der Waals surface area contributed by atoms with Crippen LogP contribution in [0.25, 0.3) is 0 Å². The highest BCUT2D eigenvalue weighted by Crippen LogP contribution is 2.39. The standard InChI is InChI=1S/C12H17FN2O3/c1-12(2,11(17)18-3)10(15)6-4-5-7(13)8(14)9(6)16/h4-5,10,16H,14-15H2,1-3H3/t10-/m1/s1. The second-order valence-electron chi connectivity index (χ2n) is 4.59. The van der Waals surface area contributed by atoms with Gasteiger partial charge in [0, 0.05) is 11.6 Å². The lowest BCUT2D eigenvalue weighted by Crippen LogP contribution is -2.37. The van der Waals surface area contributed by atoms with Gasteiger partial charge in [-0.05, 0) is 19.9 Å². The average Bonchev–Trinajstić information content (AvgIpc) is 2.34. The Balaban J connectivity index is 3.23. The Kier molecular flexibility index (Phi) is 3.81. The number of esters is 1. The Morgan fingerprint density at radius 3 is 2.56 bits per heavy atom. The maximum atomic E-state index is 13.1. The quantitative estimate of drug-likeness (QED) is 0.430. The van der Waals surface area contributed by atoms with Gasteiger partial charge in [-0.15, -0.1) is 0 Å². The van der Waals surface area contributed by atoms with Gasteiger partial charge in [0.05, 0.1) is 12.5 Å². The van der Waals surface area contributed by atoms with Crippen molar-refractivity contribution in [2.24, 2.45) is 11.1 Å². The van der Waals surface area contributed by atoms with Crippen LogP contribution in [-0.2, 0) is 9.53 Å². The van der Waals surface area contributed by atoms with Gasteiger partial charge in [-0.2, -0.15) is 0 Å². The van der Waals surface area contributed by atoms with Gasteiger partial charge in [-0.3, -0.25) is 4.79 Å². The molecule has 0 bridgehead atoms. The lowest BCUT2D eigenvalue weighted by Gasteiger charge is -2.29. The summed E-state index contributed by atoms with van der Waals surface area (Å²) in [7, 11) is 1.25. The Bertz CT molecular complexity index is 475. The number of hydrogen-bond acceptors (Lipinski definition) is 5. The summed E-state index contributed by atoms with van der Waals surface area (Å²) in [6, 6.07) is 1.53. The van der Waals surface area contributed by atoms with Gasteiger partial charge in [-0.1, -0.05) is 6.07 Å². The smallest absolute Gasteiger partial charge is 0.313 e. The highest BCUT2D eigenvalue weighted by molar-refractivity contribution is 5.77. The second-order valence-corrected chi connectivity index (χ2v) is 4.59. The summed E-state index contributed by atoms with van der Waals surface area (Å²) in [5.41, 5.74) is 10.0. The molecule has 18 heavy (non-hydrogen) atoms. The summed E-state index contributed by atoms with van der Waals surface area (Å²) in [5, 5.41) is 9.77. The van der Waals surface area contributed by atoms with Crippen molar-refractivity contribution in [3.05, 3.63) is 23.5 Å². The first-order valence-electron chi connectivity index (χ1n) is 5.34. The molecule has 0 unspecified atom stereocenters. The fourth-order valence-corrected chi connectivity index (χ4v) is 1.63. The van der Waals surface area contributed by atoms with Gasteiger partial charge in [-0.25, -0.2) is 4.39 Å². The second kappa shape index (κ2) is 4.81. The van der Waals surface area contributed by atoms with Gasteiger partial charge >= 0.3 is 5.97 Å². The van der Waals surface area contributed by atoms with E-state index in [1.807, 2.05) is 0 Å². The zero-order valence-corrected chi connectivity index (χ0v) is 10.5. The Hall–Kier alpha value is -1.82. The molecular formula is C12H17FN2O3. The molecule has 0 saturated heterocycles. The maximum absolute atomic E-state index is 13.1. The van der Waals surface area contributed by atoms with Gasteiger partial charge < -0.3 is 21.3 Å². The van der Waals surface area contributed by atoms with Crippen molar-refractivity contribution in [1.82, 2.24) is 0 Å². The topological polar surface area (TPSA) is 98.6 Å². The van der Waals surface area contributed by atoms with Crippen molar-refractivity contribution < 1.29 is 19.0 Å². The number of phenols is 1. The van der Waals surface area contributed by atoms with E-state index in [9.17, 15) is 14.3 Å². The zero-order chi connectivity index (χ0) is 14.1. The molecular weight excluding hydrogens is 239 g/mol. The molecule has 0 spiro atoms. The van der Waals surface area contributed by atoms with Crippen LogP contribution in [0.5, 0.6) is 5.75 Å². The third kappa shape index (κ3) is 2.24. The van der Waals surface area contributed by atoms with E-state index in [-0.39, 0.29) is 11.3 Å². The van der Waals surface area contributed by atoms with Crippen molar-refractivity contribution in [3.8, 4) is 5.75 Å². The zero-order valence-electron chi connectivity index (χ0n) is 10.5. The maximum Gasteiger partial charge on any atom is 0.313 e. The summed E-state index contributed by atoms with van der Waals surface area (Å²) in [5.74, 6) is -1.71. The van der Waals surface area contributed by atoms with Gasteiger partial charge in [0.15, 0.2) is 0 Å². The normalized spacial score (nSPS) is 13.2. The molecule has 0 aliphatic rings. The molecule has 0 aliphatic carbocycles. The fourth-order valence-electron chi connectivity index (χ4n) is 1.63. The van der Waals surface area contributed by atoms with Gasteiger partial charge in [0.2, 0.25) is 0 Å². The summed E-state index contributed by atoms with van der Waals surface area (Å²) in [4.78, 5) is 11.6. The van der Waals surface area contributed by atoms with Crippen molar-refractivity contribution in [2.45, 2.75) is 19.9 Å². The molecule has 0 fully saturated rings. The number of aromatic hydroxyl groups is 1. The van der Waals surface area contributed by atoms with E-state index in [2.05, 4.69) is 4.74 Å². The van der Waals surface area contributed by atoms with E-state index in [1.54, 1.807) is 13.8 Å². The Morgan fingerprint density at radius 2 is 2.06 bits per heavy atom. The number of anilines is 1. The molecule has 0 saturated carbocycles. The van der Waals surface area contributed by atoms with Crippen LogP contribution >= 0.6 is 0 Å². The molecule has 0 aliphatic heterocycles. The predicted octanol–water partition coefficient (Wildman–Crippen LogP) is 1.31. The number of rotatable bonds is 3. The summed E-state index contributed by atoms with van der Waals surface area (Å²) < 4.78 is 17.8. The SMILES string of the molecule is COC(=O)C(C)(C)[C@H](N)c1ccc(F)c(N)c1O. The van der Waals surface area contributed by atoms with E-state index in [1.165, 1.54) is 13.2 Å². The third-order valence-electron chi connectivity index (χ3n) is 3.02.